The predicted octanol–water partition coefficient (Wildman–Crippen LogP) is 5.28. The SMILES string of the molecule is CCCCN(CCC)c1ccc(N=CC2C(=O)Nc3ccccc32)cc1F. The molecule has 2 aromatic carbocycles. The first kappa shape index (κ1) is 19.1. The number of hydrogen-bond acceptors (Lipinski definition) is 3. The highest BCUT2D eigenvalue weighted by atomic mass is 19.1. The maximum Gasteiger partial charge on any atom is 0.237 e. The molecule has 0 aliphatic carbocycles. The van der Waals surface area contributed by atoms with Gasteiger partial charge >= 0.3 is 0 Å². The Balaban J connectivity index is 1.77. The Morgan fingerprint density at radius 3 is 2.70 bits per heavy atom. The smallest absolute Gasteiger partial charge is 0.237 e. The number of carbonyl (C=O) groups is 1. The van der Waals surface area contributed by atoms with Gasteiger partial charge in [0.15, 0.2) is 0 Å². The quantitative estimate of drug-likeness (QED) is 0.645. The van der Waals surface area contributed by atoms with Crippen molar-refractivity contribution >= 4 is 29.2 Å². The van der Waals surface area contributed by atoms with Gasteiger partial charge in [-0.1, -0.05) is 38.5 Å². The molecule has 2 aromatic rings. The second-order valence-electron chi connectivity index (χ2n) is 6.81. The number of nitrogens with one attached hydrogen (secondary N) is 1. The Labute approximate surface area is 160 Å². The lowest BCUT2D eigenvalue weighted by atomic mass is 10.0. The van der Waals surface area contributed by atoms with E-state index in [1.165, 1.54) is 6.07 Å². The van der Waals surface area contributed by atoms with Gasteiger partial charge in [0.25, 0.3) is 0 Å². The van der Waals surface area contributed by atoms with Gasteiger partial charge in [-0.25, -0.2) is 4.39 Å². The maximum absolute atomic E-state index is 14.7. The van der Waals surface area contributed by atoms with Crippen LogP contribution in [-0.2, 0) is 4.79 Å². The minimum atomic E-state index is -0.440. The summed E-state index contributed by atoms with van der Waals surface area (Å²) in [6.07, 6.45) is 4.68. The Morgan fingerprint density at radius 2 is 1.96 bits per heavy atom. The summed E-state index contributed by atoms with van der Waals surface area (Å²) < 4.78 is 14.7. The van der Waals surface area contributed by atoms with Crippen molar-refractivity contribution in [2.24, 2.45) is 4.99 Å². The van der Waals surface area contributed by atoms with Crippen LogP contribution in [0, 0.1) is 5.82 Å². The minimum Gasteiger partial charge on any atom is -0.369 e. The third-order valence-electron chi connectivity index (χ3n) is 4.76. The van der Waals surface area contributed by atoms with E-state index in [4.69, 9.17) is 0 Å². The molecule has 1 N–H and O–H groups in total. The van der Waals surface area contributed by atoms with Crippen LogP contribution < -0.4 is 10.2 Å². The zero-order chi connectivity index (χ0) is 19.2. The van der Waals surface area contributed by atoms with Crippen molar-refractivity contribution in [3.05, 3.63) is 53.8 Å². The van der Waals surface area contributed by atoms with Crippen LogP contribution in [-0.4, -0.2) is 25.2 Å². The molecule has 0 saturated carbocycles. The lowest BCUT2D eigenvalue weighted by Crippen LogP contribution is -2.26. The van der Waals surface area contributed by atoms with Crippen molar-refractivity contribution in [1.82, 2.24) is 0 Å². The molecule has 1 aliphatic rings. The number of unbranched alkanes of at least 4 members (excludes halogenated alkanes) is 1. The molecule has 142 valence electrons. The zero-order valence-electron chi connectivity index (χ0n) is 15.9. The summed E-state index contributed by atoms with van der Waals surface area (Å²) in [6, 6.07) is 12.6. The number of benzene rings is 2. The first-order valence-electron chi connectivity index (χ1n) is 9.62. The second kappa shape index (κ2) is 8.80. The summed E-state index contributed by atoms with van der Waals surface area (Å²) >= 11 is 0. The van der Waals surface area contributed by atoms with Crippen LogP contribution in [0.4, 0.5) is 21.5 Å². The molecule has 1 unspecified atom stereocenters. The highest BCUT2D eigenvalue weighted by Crippen LogP contribution is 2.32. The molecule has 0 spiro atoms. The molecule has 0 saturated heterocycles. The van der Waals surface area contributed by atoms with E-state index in [0.717, 1.165) is 43.6 Å². The molecule has 1 aliphatic heterocycles. The maximum atomic E-state index is 14.7. The third kappa shape index (κ3) is 4.35. The van der Waals surface area contributed by atoms with E-state index < -0.39 is 5.92 Å². The third-order valence-corrected chi connectivity index (χ3v) is 4.76. The van der Waals surface area contributed by atoms with E-state index in [9.17, 15) is 9.18 Å². The van der Waals surface area contributed by atoms with E-state index >= 15 is 0 Å². The lowest BCUT2D eigenvalue weighted by Gasteiger charge is -2.24. The van der Waals surface area contributed by atoms with Gasteiger partial charge in [-0.3, -0.25) is 9.79 Å². The fraction of sp³-hybridized carbons (Fsp3) is 0.364. The Hall–Kier alpha value is -2.69. The van der Waals surface area contributed by atoms with Gasteiger partial charge in [-0.05, 0) is 36.6 Å². The van der Waals surface area contributed by atoms with Gasteiger partial charge in [0.1, 0.15) is 11.7 Å². The number of nitrogens with zero attached hydrogens (tertiary/aromatic N) is 2. The van der Waals surface area contributed by atoms with Crippen LogP contribution in [0.5, 0.6) is 0 Å². The van der Waals surface area contributed by atoms with Crippen molar-refractivity contribution < 1.29 is 9.18 Å². The molecule has 1 atom stereocenters. The van der Waals surface area contributed by atoms with E-state index in [2.05, 4.69) is 29.1 Å². The first-order chi connectivity index (χ1) is 13.1. The Bertz CT molecular complexity index is 834. The van der Waals surface area contributed by atoms with Crippen molar-refractivity contribution in [2.45, 2.75) is 39.0 Å². The molecule has 0 fully saturated rings. The Kier molecular flexibility index (Phi) is 6.22. The number of amides is 1. The second-order valence-corrected chi connectivity index (χ2v) is 6.81. The number of hydrogen-bond donors (Lipinski definition) is 1. The number of aliphatic imine (C=N–C) groups is 1. The van der Waals surface area contributed by atoms with E-state index in [0.29, 0.717) is 11.4 Å². The number of anilines is 2. The minimum absolute atomic E-state index is 0.106. The highest BCUT2D eigenvalue weighted by molar-refractivity contribution is 6.12. The highest BCUT2D eigenvalue weighted by Gasteiger charge is 2.28. The first-order valence-corrected chi connectivity index (χ1v) is 9.62. The summed E-state index contributed by atoms with van der Waals surface area (Å²) in [5.41, 5.74) is 2.84. The topological polar surface area (TPSA) is 44.7 Å². The zero-order valence-corrected chi connectivity index (χ0v) is 15.9. The molecule has 27 heavy (non-hydrogen) atoms. The van der Waals surface area contributed by atoms with E-state index in [-0.39, 0.29) is 11.7 Å². The largest absolute Gasteiger partial charge is 0.369 e. The predicted molar refractivity (Wildman–Crippen MR) is 110 cm³/mol. The van der Waals surface area contributed by atoms with Crippen LogP contribution in [0.25, 0.3) is 0 Å². The number of fused-ring (bicyclic) bond motifs is 1. The van der Waals surface area contributed by atoms with Gasteiger partial charge in [-0.2, -0.15) is 0 Å². The molecule has 0 bridgehead atoms. The average Bonchev–Trinajstić information content (AvgIpc) is 2.99. The van der Waals surface area contributed by atoms with Gasteiger partial charge in [-0.15, -0.1) is 0 Å². The van der Waals surface area contributed by atoms with Crippen molar-refractivity contribution in [3.8, 4) is 0 Å². The summed E-state index contributed by atoms with van der Waals surface area (Å²) in [5.74, 6) is -0.818. The lowest BCUT2D eigenvalue weighted by molar-refractivity contribution is -0.115. The standard InChI is InChI=1S/C22H26FN3O/c1-3-5-13-26(12-4-2)21-11-10-16(14-19(21)23)24-15-18-17-8-6-7-9-20(17)25-22(18)27/h6-11,14-15,18H,3-5,12-13H2,1-2H3,(H,25,27). The van der Waals surface area contributed by atoms with Crippen molar-refractivity contribution in [1.29, 1.82) is 0 Å². The fourth-order valence-corrected chi connectivity index (χ4v) is 3.35. The van der Waals surface area contributed by atoms with Crippen LogP contribution in [0.1, 0.15) is 44.6 Å². The number of carbonyl (C=O) groups excluding carboxylic acids is 1. The number of rotatable bonds is 8. The fourth-order valence-electron chi connectivity index (χ4n) is 3.35. The van der Waals surface area contributed by atoms with Crippen LogP contribution >= 0.6 is 0 Å². The molecule has 0 radical (unpaired) electrons. The van der Waals surface area contributed by atoms with Gasteiger partial charge < -0.3 is 10.2 Å². The molecular formula is C22H26FN3O. The van der Waals surface area contributed by atoms with Crippen molar-refractivity contribution in [3.63, 3.8) is 0 Å². The number of para-hydroxylation sites is 1. The normalized spacial score (nSPS) is 15.8. The molecular weight excluding hydrogens is 341 g/mol. The van der Waals surface area contributed by atoms with Crippen LogP contribution in [0.2, 0.25) is 0 Å². The molecule has 1 amide bonds. The monoisotopic (exact) mass is 367 g/mol. The molecule has 5 heteroatoms. The summed E-state index contributed by atoms with van der Waals surface area (Å²) in [6.45, 7) is 5.91. The molecule has 0 aromatic heterocycles. The van der Waals surface area contributed by atoms with E-state index in [1.807, 2.05) is 30.3 Å². The van der Waals surface area contributed by atoms with Crippen LogP contribution in [0.3, 0.4) is 0 Å². The summed E-state index contributed by atoms with van der Waals surface area (Å²) in [5, 5.41) is 2.84. The summed E-state index contributed by atoms with van der Waals surface area (Å²) in [4.78, 5) is 18.6. The van der Waals surface area contributed by atoms with Crippen LogP contribution in [0.15, 0.2) is 47.5 Å². The van der Waals surface area contributed by atoms with E-state index in [1.54, 1.807) is 12.3 Å². The van der Waals surface area contributed by atoms with Gasteiger partial charge in [0.05, 0.1) is 11.4 Å². The molecule has 3 rings (SSSR count). The molecule has 4 nitrogen and oxygen atoms in total. The average molecular weight is 367 g/mol. The Morgan fingerprint density at radius 1 is 1.15 bits per heavy atom. The van der Waals surface area contributed by atoms with Gasteiger partial charge in [0.2, 0.25) is 5.91 Å². The number of halogens is 1. The summed E-state index contributed by atoms with van der Waals surface area (Å²) in [7, 11) is 0. The van der Waals surface area contributed by atoms with Gasteiger partial charge in [0, 0.05) is 31.1 Å². The molecule has 1 heterocycles. The van der Waals surface area contributed by atoms with Crippen molar-refractivity contribution in [2.75, 3.05) is 23.3 Å².